The maximum atomic E-state index is 11.6. The summed E-state index contributed by atoms with van der Waals surface area (Å²) in [6.07, 6.45) is 7.94. The van der Waals surface area contributed by atoms with Crippen molar-refractivity contribution in [2.24, 2.45) is 11.3 Å². The third-order valence-corrected chi connectivity index (χ3v) is 2.89. The molecule has 14 heavy (non-hydrogen) atoms. The zero-order valence-corrected chi connectivity index (χ0v) is 11.5. The SMILES string of the molecule is CCC12C=CC=CC1C(=O)NC2=O.[H-].[K+]. The topological polar surface area (TPSA) is 46.2 Å². The molecule has 1 saturated heterocycles. The van der Waals surface area contributed by atoms with Crippen LogP contribution in [0, 0.1) is 11.3 Å². The average molecular weight is 217 g/mol. The van der Waals surface area contributed by atoms with Crippen molar-refractivity contribution in [3.63, 3.8) is 0 Å². The van der Waals surface area contributed by atoms with Gasteiger partial charge in [-0.25, -0.2) is 0 Å². The molecule has 2 unspecified atom stereocenters. The Bertz CT molecular complexity index is 340. The number of hydrogen-bond donors (Lipinski definition) is 1. The Morgan fingerprint density at radius 2 is 2.21 bits per heavy atom. The fourth-order valence-electron chi connectivity index (χ4n) is 2.02. The number of carbonyl (C=O) groups is 2. The fraction of sp³-hybridized carbons (Fsp3) is 0.400. The molecule has 2 rings (SSSR count). The maximum Gasteiger partial charge on any atom is 1.00 e. The Kier molecular flexibility index (Phi) is 3.88. The Morgan fingerprint density at radius 1 is 1.50 bits per heavy atom. The van der Waals surface area contributed by atoms with E-state index >= 15 is 0 Å². The van der Waals surface area contributed by atoms with Gasteiger partial charge >= 0.3 is 51.4 Å². The van der Waals surface area contributed by atoms with Crippen molar-refractivity contribution >= 4 is 11.8 Å². The first-order chi connectivity index (χ1) is 6.20. The van der Waals surface area contributed by atoms with E-state index in [0.717, 1.165) is 0 Å². The maximum absolute atomic E-state index is 11.6. The zero-order valence-electron chi connectivity index (χ0n) is 9.41. The number of nitrogens with one attached hydrogen (secondary N) is 1. The molecule has 1 heterocycles. The minimum atomic E-state index is -0.605. The van der Waals surface area contributed by atoms with Crippen LogP contribution in [0.4, 0.5) is 0 Å². The molecule has 0 bridgehead atoms. The quantitative estimate of drug-likeness (QED) is 0.404. The van der Waals surface area contributed by atoms with Crippen LogP contribution in [0.1, 0.15) is 14.8 Å². The summed E-state index contributed by atoms with van der Waals surface area (Å²) in [6, 6.07) is 0. The predicted octanol–water partition coefficient (Wildman–Crippen LogP) is -2.10. The third-order valence-electron chi connectivity index (χ3n) is 2.89. The molecule has 2 atom stereocenters. The van der Waals surface area contributed by atoms with Gasteiger partial charge in [0.1, 0.15) is 0 Å². The number of amides is 2. The molecule has 2 aliphatic rings. The Morgan fingerprint density at radius 3 is 2.79 bits per heavy atom. The summed E-state index contributed by atoms with van der Waals surface area (Å²) >= 11 is 0. The van der Waals surface area contributed by atoms with E-state index in [1.807, 2.05) is 25.2 Å². The first-order valence-corrected chi connectivity index (χ1v) is 4.42. The molecule has 3 nitrogen and oxygen atoms in total. The van der Waals surface area contributed by atoms with E-state index < -0.39 is 5.41 Å². The van der Waals surface area contributed by atoms with Crippen LogP contribution in [0.2, 0.25) is 0 Å². The van der Waals surface area contributed by atoms with Crippen molar-refractivity contribution in [1.82, 2.24) is 5.32 Å². The van der Waals surface area contributed by atoms with Gasteiger partial charge in [0.15, 0.2) is 0 Å². The van der Waals surface area contributed by atoms with Gasteiger partial charge in [-0.15, -0.1) is 0 Å². The van der Waals surface area contributed by atoms with Crippen LogP contribution in [0.15, 0.2) is 24.3 Å². The van der Waals surface area contributed by atoms with Crippen LogP contribution in [-0.2, 0) is 9.59 Å². The van der Waals surface area contributed by atoms with Gasteiger partial charge in [-0.1, -0.05) is 31.2 Å². The molecule has 0 aromatic rings. The van der Waals surface area contributed by atoms with E-state index in [4.69, 9.17) is 0 Å². The van der Waals surface area contributed by atoms with E-state index in [1.165, 1.54) is 0 Å². The molecule has 1 aliphatic carbocycles. The molecular weight excluding hydrogens is 205 g/mol. The Hall–Kier alpha value is 0.256. The molecule has 0 spiro atoms. The molecule has 2 amide bonds. The number of imide groups is 1. The smallest absolute Gasteiger partial charge is 1.00 e. The Balaban J connectivity index is 0.000000980. The fourth-order valence-corrected chi connectivity index (χ4v) is 2.02. The first kappa shape index (κ1) is 12.3. The minimum Gasteiger partial charge on any atom is -1.00 e. The summed E-state index contributed by atoms with van der Waals surface area (Å²) in [7, 11) is 0. The average Bonchev–Trinajstić information content (AvgIpc) is 2.41. The van der Waals surface area contributed by atoms with Crippen LogP contribution in [0.3, 0.4) is 0 Å². The van der Waals surface area contributed by atoms with E-state index in [2.05, 4.69) is 5.32 Å². The number of allylic oxidation sites excluding steroid dienone is 2. The van der Waals surface area contributed by atoms with Gasteiger partial charge < -0.3 is 1.43 Å². The largest absolute Gasteiger partial charge is 1.00 e. The summed E-state index contributed by atoms with van der Waals surface area (Å²) < 4.78 is 0. The number of hydrogen-bond acceptors (Lipinski definition) is 2. The van der Waals surface area contributed by atoms with Gasteiger partial charge in [0.05, 0.1) is 11.3 Å². The summed E-state index contributed by atoms with van der Waals surface area (Å²) in [6.45, 7) is 1.93. The number of rotatable bonds is 1. The van der Waals surface area contributed by atoms with Crippen molar-refractivity contribution in [2.45, 2.75) is 13.3 Å². The zero-order chi connectivity index (χ0) is 9.47. The molecule has 0 saturated carbocycles. The second-order valence-electron chi connectivity index (χ2n) is 3.43. The van der Waals surface area contributed by atoms with Crippen LogP contribution in [0.5, 0.6) is 0 Å². The van der Waals surface area contributed by atoms with E-state index in [9.17, 15) is 9.59 Å². The molecule has 70 valence electrons. The van der Waals surface area contributed by atoms with Crippen molar-refractivity contribution in [1.29, 1.82) is 0 Å². The van der Waals surface area contributed by atoms with E-state index in [0.29, 0.717) is 6.42 Å². The minimum absolute atomic E-state index is 0. The van der Waals surface area contributed by atoms with Gasteiger partial charge in [-0.05, 0) is 6.42 Å². The van der Waals surface area contributed by atoms with Crippen LogP contribution >= 0.6 is 0 Å². The van der Waals surface area contributed by atoms with Crippen molar-refractivity contribution in [3.05, 3.63) is 24.3 Å². The Labute approximate surface area is 127 Å². The molecule has 0 aromatic carbocycles. The molecular formula is C10H12KNO2. The van der Waals surface area contributed by atoms with E-state index in [1.54, 1.807) is 6.08 Å². The molecule has 0 aromatic heterocycles. The standard InChI is InChI=1S/C10H11NO2.K.H/c1-2-10-6-4-3-5-7(10)8(12)11-9(10)13;;/h3-7H,2H2,1H3,(H,11,12,13);;/q;+1;-1. The van der Waals surface area contributed by atoms with Crippen molar-refractivity contribution in [2.75, 3.05) is 0 Å². The third kappa shape index (κ3) is 1.59. The number of fused-ring (bicyclic) bond motifs is 1. The second-order valence-corrected chi connectivity index (χ2v) is 3.43. The molecule has 1 fully saturated rings. The number of carbonyl (C=O) groups excluding carboxylic acids is 2. The van der Waals surface area contributed by atoms with Gasteiger partial charge in [-0.3, -0.25) is 14.9 Å². The van der Waals surface area contributed by atoms with Crippen molar-refractivity contribution < 1.29 is 62.4 Å². The van der Waals surface area contributed by atoms with Crippen molar-refractivity contribution in [3.8, 4) is 0 Å². The van der Waals surface area contributed by atoms with E-state index in [-0.39, 0.29) is 70.5 Å². The predicted molar refractivity (Wildman–Crippen MR) is 48.8 cm³/mol. The first-order valence-electron chi connectivity index (χ1n) is 4.42. The molecule has 0 radical (unpaired) electrons. The summed E-state index contributed by atoms with van der Waals surface area (Å²) in [4.78, 5) is 22.9. The summed E-state index contributed by atoms with van der Waals surface area (Å²) in [5.41, 5.74) is -0.605. The van der Waals surface area contributed by atoms with Crippen LogP contribution < -0.4 is 56.7 Å². The van der Waals surface area contributed by atoms with Gasteiger partial charge in [-0.2, -0.15) is 0 Å². The van der Waals surface area contributed by atoms with Crippen LogP contribution in [0.25, 0.3) is 0 Å². The summed E-state index contributed by atoms with van der Waals surface area (Å²) in [5, 5.41) is 2.37. The second kappa shape index (κ2) is 4.41. The van der Waals surface area contributed by atoms with Gasteiger partial charge in [0, 0.05) is 0 Å². The molecule has 1 aliphatic heterocycles. The van der Waals surface area contributed by atoms with Gasteiger partial charge in [0.25, 0.3) is 0 Å². The van der Waals surface area contributed by atoms with Crippen LogP contribution in [-0.4, -0.2) is 11.8 Å². The molecule has 4 heteroatoms. The molecule has 1 N–H and O–H groups in total. The normalized spacial score (nSPS) is 33.6. The monoisotopic (exact) mass is 217 g/mol. The summed E-state index contributed by atoms with van der Waals surface area (Å²) in [5.74, 6) is -0.631. The van der Waals surface area contributed by atoms with Gasteiger partial charge in [0.2, 0.25) is 11.8 Å².